The zero-order valence-corrected chi connectivity index (χ0v) is 7.87. The van der Waals surface area contributed by atoms with Crippen molar-refractivity contribution in [3.05, 3.63) is 0 Å². The van der Waals surface area contributed by atoms with Crippen molar-refractivity contribution < 1.29 is 0 Å². The van der Waals surface area contributed by atoms with Crippen LogP contribution in [0.5, 0.6) is 0 Å². The fraction of sp³-hybridized carbons (Fsp3) is 1.00. The predicted octanol–water partition coefficient (Wildman–Crippen LogP) is 0.785. The number of hydrogen-bond acceptors (Lipinski definition) is 2. The highest BCUT2D eigenvalue weighted by Crippen LogP contribution is 2.35. The molecule has 0 radical (unpaired) electrons. The first kappa shape index (κ1) is 7.34. The molecule has 12 heavy (non-hydrogen) atoms. The van der Waals surface area contributed by atoms with Crippen LogP contribution >= 0.6 is 0 Å². The zero-order valence-electron chi connectivity index (χ0n) is 7.87. The normalized spacial score (nSPS) is 42.8. The van der Waals surface area contributed by atoms with E-state index in [9.17, 15) is 0 Å². The lowest BCUT2D eigenvalue weighted by molar-refractivity contribution is 0.145. The Morgan fingerprint density at radius 2 is 2.00 bits per heavy atom. The van der Waals surface area contributed by atoms with Crippen LogP contribution in [0, 0.1) is 5.92 Å². The Morgan fingerprint density at radius 1 is 1.17 bits per heavy atom. The predicted molar refractivity (Wildman–Crippen MR) is 49.1 cm³/mol. The molecule has 2 aliphatic heterocycles. The molecule has 0 spiro atoms. The standard InChI is InChI=1S/C10H18N2/c1-11-6-10-4-9(11)7-12(10)5-8-2-3-8/h8-10H,2-7H2,1H3. The van der Waals surface area contributed by atoms with Crippen LogP contribution < -0.4 is 0 Å². The van der Waals surface area contributed by atoms with Gasteiger partial charge in [-0.2, -0.15) is 0 Å². The van der Waals surface area contributed by atoms with Gasteiger partial charge in [0, 0.05) is 31.7 Å². The Bertz CT molecular complexity index is 186. The third-order valence-electron chi connectivity index (χ3n) is 3.82. The summed E-state index contributed by atoms with van der Waals surface area (Å²) in [6.45, 7) is 4.10. The van der Waals surface area contributed by atoms with Crippen LogP contribution in [-0.4, -0.2) is 48.6 Å². The van der Waals surface area contributed by atoms with Gasteiger partial charge in [0.2, 0.25) is 0 Å². The molecule has 68 valence electrons. The highest BCUT2D eigenvalue weighted by atomic mass is 15.3. The highest BCUT2D eigenvalue weighted by molar-refractivity contribution is 4.99. The van der Waals surface area contributed by atoms with Gasteiger partial charge in [-0.25, -0.2) is 0 Å². The maximum atomic E-state index is 2.74. The fourth-order valence-corrected chi connectivity index (χ4v) is 2.80. The Balaban J connectivity index is 1.62. The second kappa shape index (κ2) is 2.46. The summed E-state index contributed by atoms with van der Waals surface area (Å²) in [5.74, 6) is 1.08. The van der Waals surface area contributed by atoms with E-state index in [4.69, 9.17) is 0 Å². The van der Waals surface area contributed by atoms with E-state index in [0.717, 1.165) is 18.0 Å². The van der Waals surface area contributed by atoms with Gasteiger partial charge < -0.3 is 4.90 Å². The summed E-state index contributed by atoms with van der Waals surface area (Å²) in [6, 6.07) is 1.81. The average molecular weight is 166 g/mol. The van der Waals surface area contributed by atoms with Gasteiger partial charge in [-0.05, 0) is 32.2 Å². The Labute approximate surface area is 74.5 Å². The summed E-state index contributed by atoms with van der Waals surface area (Å²) in [6.07, 6.45) is 4.46. The van der Waals surface area contributed by atoms with E-state index >= 15 is 0 Å². The Morgan fingerprint density at radius 3 is 2.50 bits per heavy atom. The lowest BCUT2D eigenvalue weighted by Crippen LogP contribution is -2.45. The van der Waals surface area contributed by atoms with E-state index in [2.05, 4.69) is 16.8 Å². The van der Waals surface area contributed by atoms with Crippen molar-refractivity contribution >= 4 is 0 Å². The quantitative estimate of drug-likeness (QED) is 0.598. The molecule has 2 atom stereocenters. The first-order valence-corrected chi connectivity index (χ1v) is 5.27. The Hall–Kier alpha value is -0.0800. The van der Waals surface area contributed by atoms with Crippen molar-refractivity contribution in [2.24, 2.45) is 5.92 Å². The van der Waals surface area contributed by atoms with Crippen molar-refractivity contribution in [2.75, 3.05) is 26.7 Å². The van der Waals surface area contributed by atoms with Crippen LogP contribution in [-0.2, 0) is 0 Å². The summed E-state index contributed by atoms with van der Waals surface area (Å²) < 4.78 is 0. The van der Waals surface area contributed by atoms with Crippen LogP contribution in [0.1, 0.15) is 19.3 Å². The van der Waals surface area contributed by atoms with Gasteiger partial charge in [-0.1, -0.05) is 0 Å². The van der Waals surface area contributed by atoms with Gasteiger partial charge in [-0.3, -0.25) is 4.90 Å². The topological polar surface area (TPSA) is 6.48 Å². The minimum absolute atomic E-state index is 0.897. The number of rotatable bonds is 2. The number of hydrogen-bond donors (Lipinski definition) is 0. The molecule has 1 aliphatic carbocycles. The number of piperazine rings is 1. The lowest BCUT2D eigenvalue weighted by atomic mass is 10.2. The molecule has 2 nitrogen and oxygen atoms in total. The number of likely N-dealkylation sites (N-methyl/N-ethyl adjacent to an activating group) is 1. The number of fused-ring (bicyclic) bond motifs is 2. The molecular weight excluding hydrogens is 148 g/mol. The molecule has 2 saturated heterocycles. The summed E-state index contributed by atoms with van der Waals surface area (Å²) >= 11 is 0. The third kappa shape index (κ3) is 1.09. The molecule has 2 bridgehead atoms. The van der Waals surface area contributed by atoms with Crippen LogP contribution in [0.3, 0.4) is 0 Å². The molecule has 0 N–H and O–H groups in total. The van der Waals surface area contributed by atoms with Gasteiger partial charge in [0.1, 0.15) is 0 Å². The van der Waals surface area contributed by atoms with E-state index in [-0.39, 0.29) is 0 Å². The molecule has 3 rings (SSSR count). The van der Waals surface area contributed by atoms with E-state index in [0.29, 0.717) is 0 Å². The van der Waals surface area contributed by atoms with Crippen LogP contribution in [0.2, 0.25) is 0 Å². The van der Waals surface area contributed by atoms with Crippen molar-refractivity contribution in [2.45, 2.75) is 31.3 Å². The molecule has 0 aromatic heterocycles. The van der Waals surface area contributed by atoms with Gasteiger partial charge in [-0.15, -0.1) is 0 Å². The highest BCUT2D eigenvalue weighted by Gasteiger charge is 2.42. The molecule has 0 aromatic carbocycles. The second-order valence-corrected chi connectivity index (χ2v) is 4.88. The SMILES string of the molecule is CN1CC2CC1CN2CC1CC1. The first-order valence-electron chi connectivity index (χ1n) is 5.27. The van der Waals surface area contributed by atoms with Crippen LogP contribution in [0.4, 0.5) is 0 Å². The summed E-state index contributed by atoms with van der Waals surface area (Å²) in [7, 11) is 2.28. The maximum absolute atomic E-state index is 2.74. The minimum Gasteiger partial charge on any atom is -0.301 e. The molecule has 0 amide bonds. The van der Waals surface area contributed by atoms with Gasteiger partial charge in [0.25, 0.3) is 0 Å². The second-order valence-electron chi connectivity index (χ2n) is 4.88. The van der Waals surface area contributed by atoms with Gasteiger partial charge in [0.05, 0.1) is 0 Å². The van der Waals surface area contributed by atoms with E-state index in [1.807, 2.05) is 0 Å². The summed E-state index contributed by atoms with van der Waals surface area (Å²) in [5, 5.41) is 0. The summed E-state index contributed by atoms with van der Waals surface area (Å²) in [4.78, 5) is 5.27. The molecule has 2 heterocycles. The van der Waals surface area contributed by atoms with Crippen molar-refractivity contribution in [1.82, 2.24) is 9.80 Å². The van der Waals surface area contributed by atoms with Crippen molar-refractivity contribution in [3.63, 3.8) is 0 Å². The largest absolute Gasteiger partial charge is 0.301 e. The van der Waals surface area contributed by atoms with Crippen LogP contribution in [0.15, 0.2) is 0 Å². The van der Waals surface area contributed by atoms with Crippen molar-refractivity contribution in [3.8, 4) is 0 Å². The zero-order chi connectivity index (χ0) is 8.13. The van der Waals surface area contributed by atoms with E-state index < -0.39 is 0 Å². The van der Waals surface area contributed by atoms with Gasteiger partial charge in [0.15, 0.2) is 0 Å². The molecule has 3 fully saturated rings. The van der Waals surface area contributed by atoms with Crippen LogP contribution in [0.25, 0.3) is 0 Å². The smallest absolute Gasteiger partial charge is 0.0239 e. The van der Waals surface area contributed by atoms with E-state index in [1.165, 1.54) is 38.9 Å². The molecule has 2 unspecified atom stereocenters. The average Bonchev–Trinajstić information content (AvgIpc) is 2.65. The molecule has 1 saturated carbocycles. The number of nitrogens with zero attached hydrogens (tertiary/aromatic N) is 2. The first-order chi connectivity index (χ1) is 5.83. The molecule has 2 heteroatoms. The fourth-order valence-electron chi connectivity index (χ4n) is 2.80. The summed E-state index contributed by atoms with van der Waals surface area (Å²) in [5.41, 5.74) is 0. The third-order valence-corrected chi connectivity index (χ3v) is 3.82. The lowest BCUT2D eigenvalue weighted by Gasteiger charge is -2.31. The Kier molecular flexibility index (Phi) is 1.50. The molecule has 3 aliphatic rings. The van der Waals surface area contributed by atoms with Crippen molar-refractivity contribution in [1.29, 1.82) is 0 Å². The monoisotopic (exact) mass is 166 g/mol. The number of likely N-dealkylation sites (tertiary alicyclic amines) is 2. The molecular formula is C10H18N2. The maximum Gasteiger partial charge on any atom is 0.0239 e. The minimum atomic E-state index is 0.897. The van der Waals surface area contributed by atoms with Gasteiger partial charge >= 0.3 is 0 Å². The molecule has 0 aromatic rings. The van der Waals surface area contributed by atoms with E-state index in [1.54, 1.807) is 0 Å².